The molecule has 178 valence electrons. The van der Waals surface area contributed by atoms with E-state index >= 15 is 0 Å². The number of anilines is 1. The van der Waals surface area contributed by atoms with Gasteiger partial charge in [-0.15, -0.1) is 0 Å². The van der Waals surface area contributed by atoms with Gasteiger partial charge >= 0.3 is 0 Å². The second-order valence-corrected chi connectivity index (χ2v) is 8.42. The molecule has 2 amide bonds. The number of carbonyl (C=O) groups excluding carboxylic acids is 3. The molecule has 1 aromatic rings. The molecule has 0 aliphatic carbocycles. The summed E-state index contributed by atoms with van der Waals surface area (Å²) in [5.74, 6) is -0.822. The Morgan fingerprint density at radius 1 is 1.25 bits per heavy atom. The Morgan fingerprint density at radius 2 is 1.97 bits per heavy atom. The van der Waals surface area contributed by atoms with Gasteiger partial charge < -0.3 is 26.2 Å². The Kier molecular flexibility index (Phi) is 13.5. The average Bonchev–Trinajstić information content (AvgIpc) is 2.73. The van der Waals surface area contributed by atoms with Crippen LogP contribution < -0.4 is 16.4 Å². The summed E-state index contributed by atoms with van der Waals surface area (Å²) in [6.45, 7) is 2.81. The number of hydrogen-bond acceptors (Lipinski definition) is 6. The van der Waals surface area contributed by atoms with Crippen molar-refractivity contribution in [3.05, 3.63) is 34.3 Å². The fraction of sp³-hybridized carbons (Fsp3) is 0.522. The number of nitrogens with two attached hydrogens (primary N) is 1. The molecule has 32 heavy (non-hydrogen) atoms. The molecular formula is C23H34BrN3O5. The molecular weight excluding hydrogens is 478 g/mol. The van der Waals surface area contributed by atoms with Crippen molar-refractivity contribution in [2.24, 2.45) is 5.73 Å². The number of ether oxygens (including phenoxy) is 1. The van der Waals surface area contributed by atoms with Crippen molar-refractivity contribution in [1.82, 2.24) is 5.32 Å². The lowest BCUT2D eigenvalue weighted by molar-refractivity contribution is -0.118. The zero-order valence-corrected chi connectivity index (χ0v) is 20.4. The monoisotopic (exact) mass is 511 g/mol. The number of hydrogen-bond donors (Lipinski definition) is 4. The first-order chi connectivity index (χ1) is 15.3. The molecule has 0 unspecified atom stereocenters. The second kappa shape index (κ2) is 15.6. The zero-order valence-electron chi connectivity index (χ0n) is 18.8. The summed E-state index contributed by atoms with van der Waals surface area (Å²) in [5, 5.41) is 15.3. The fourth-order valence-corrected chi connectivity index (χ4v) is 3.41. The van der Waals surface area contributed by atoms with Gasteiger partial charge in [-0.2, -0.15) is 0 Å². The first-order valence-corrected chi connectivity index (χ1v) is 11.6. The number of carbonyl (C=O) groups is 3. The topological polar surface area (TPSA) is 131 Å². The van der Waals surface area contributed by atoms with E-state index in [1.54, 1.807) is 18.2 Å². The van der Waals surface area contributed by atoms with Gasteiger partial charge in [0.15, 0.2) is 5.78 Å². The summed E-state index contributed by atoms with van der Waals surface area (Å²) in [4.78, 5) is 36.0. The predicted molar refractivity (Wildman–Crippen MR) is 129 cm³/mol. The lowest BCUT2D eigenvalue weighted by Crippen LogP contribution is -2.27. The Labute approximate surface area is 198 Å². The van der Waals surface area contributed by atoms with Crippen molar-refractivity contribution in [2.75, 3.05) is 25.6 Å². The number of aromatic hydroxyl groups is 1. The van der Waals surface area contributed by atoms with Gasteiger partial charge in [0.05, 0.1) is 16.8 Å². The van der Waals surface area contributed by atoms with Gasteiger partial charge in [0.1, 0.15) is 5.75 Å². The molecule has 0 radical (unpaired) electrons. The van der Waals surface area contributed by atoms with Gasteiger partial charge in [-0.05, 0) is 59.3 Å². The number of rotatable bonds is 15. The normalized spacial score (nSPS) is 12.3. The van der Waals surface area contributed by atoms with E-state index in [9.17, 15) is 19.5 Å². The maximum absolute atomic E-state index is 12.2. The van der Waals surface area contributed by atoms with Crippen LogP contribution in [0.2, 0.25) is 0 Å². The molecule has 0 heterocycles. The third kappa shape index (κ3) is 11.4. The molecule has 5 N–H and O–H groups in total. The van der Waals surface area contributed by atoms with Crippen LogP contribution in [0.4, 0.5) is 5.69 Å². The molecule has 0 spiro atoms. The number of nitrogens with one attached hydrogen (secondary N) is 2. The maximum atomic E-state index is 12.2. The number of phenols is 1. The summed E-state index contributed by atoms with van der Waals surface area (Å²) in [6.07, 6.45) is 5.28. The van der Waals surface area contributed by atoms with E-state index in [0.29, 0.717) is 38.1 Å². The molecule has 0 aromatic heterocycles. The van der Waals surface area contributed by atoms with E-state index in [0.717, 1.165) is 18.4 Å². The van der Waals surface area contributed by atoms with Crippen molar-refractivity contribution < 1.29 is 24.2 Å². The third-order valence-electron chi connectivity index (χ3n) is 4.67. The van der Waals surface area contributed by atoms with Crippen LogP contribution in [0.5, 0.6) is 5.75 Å². The zero-order chi connectivity index (χ0) is 23.9. The van der Waals surface area contributed by atoms with Crippen molar-refractivity contribution in [3.63, 3.8) is 0 Å². The molecule has 0 saturated heterocycles. The van der Waals surface area contributed by atoms with Crippen LogP contribution in [-0.2, 0) is 25.5 Å². The van der Waals surface area contributed by atoms with Crippen LogP contribution in [0.3, 0.4) is 0 Å². The largest absolute Gasteiger partial charge is 0.506 e. The van der Waals surface area contributed by atoms with Crippen molar-refractivity contribution in [2.45, 2.75) is 57.9 Å². The van der Waals surface area contributed by atoms with E-state index in [2.05, 4.69) is 33.5 Å². The van der Waals surface area contributed by atoms with Gasteiger partial charge in [0.2, 0.25) is 5.91 Å². The first-order valence-electron chi connectivity index (χ1n) is 10.8. The Hall–Kier alpha value is -2.23. The van der Waals surface area contributed by atoms with Crippen LogP contribution in [0, 0.1) is 0 Å². The van der Waals surface area contributed by atoms with E-state index in [1.807, 2.05) is 0 Å². The number of benzene rings is 1. The minimum absolute atomic E-state index is 0.0000963. The number of unbranched alkanes of at least 4 members (excludes halogenated alkanes) is 1. The first kappa shape index (κ1) is 27.8. The molecule has 1 atom stereocenters. The van der Waals surface area contributed by atoms with Gasteiger partial charge in [-0.3, -0.25) is 14.4 Å². The molecule has 9 heteroatoms. The van der Waals surface area contributed by atoms with Crippen molar-refractivity contribution in [3.8, 4) is 5.75 Å². The molecule has 0 bridgehead atoms. The molecule has 0 fully saturated rings. The summed E-state index contributed by atoms with van der Waals surface area (Å²) >= 11 is 3.09. The smallest absolute Gasteiger partial charge is 0.258 e. The van der Waals surface area contributed by atoms with Crippen LogP contribution in [0.25, 0.3) is 0 Å². The van der Waals surface area contributed by atoms with E-state index in [4.69, 9.17) is 10.5 Å². The molecule has 8 nitrogen and oxygen atoms in total. The molecule has 0 saturated carbocycles. The van der Waals surface area contributed by atoms with Gasteiger partial charge in [-0.25, -0.2) is 0 Å². The van der Waals surface area contributed by atoms with E-state index in [1.165, 1.54) is 13.2 Å². The Bertz CT molecular complexity index is 798. The lowest BCUT2D eigenvalue weighted by Gasteiger charge is -2.13. The number of phenolic OH excluding ortho intramolecular Hbond substituents is 1. The quantitative estimate of drug-likeness (QED) is 0.162. The molecule has 1 rings (SSSR count). The van der Waals surface area contributed by atoms with Gasteiger partial charge in [-0.1, -0.05) is 19.4 Å². The minimum atomic E-state index is -0.382. The number of methoxy groups -OCH3 is 1. The number of amides is 2. The summed E-state index contributed by atoms with van der Waals surface area (Å²) in [7, 11) is 1.53. The van der Waals surface area contributed by atoms with Gasteiger partial charge in [0, 0.05) is 38.6 Å². The molecule has 0 aliphatic rings. The number of allylic oxidation sites excluding steroid dienone is 1. The molecule has 1 aromatic carbocycles. The van der Waals surface area contributed by atoms with Crippen LogP contribution in [-0.4, -0.2) is 49.0 Å². The highest BCUT2D eigenvalue weighted by Crippen LogP contribution is 2.25. The Morgan fingerprint density at radius 3 is 2.66 bits per heavy atom. The summed E-state index contributed by atoms with van der Waals surface area (Å²) in [6, 6.07) is 5.14. The van der Waals surface area contributed by atoms with E-state index in [-0.39, 0.29) is 46.7 Å². The third-order valence-corrected chi connectivity index (χ3v) is 5.25. The highest BCUT2D eigenvalue weighted by Gasteiger charge is 2.11. The summed E-state index contributed by atoms with van der Waals surface area (Å²) in [5.41, 5.74) is 7.39. The highest BCUT2D eigenvalue weighted by molar-refractivity contribution is 9.12. The number of ketones is 1. The fourth-order valence-electron chi connectivity index (χ4n) is 3.01. The van der Waals surface area contributed by atoms with Gasteiger partial charge in [0.25, 0.3) is 5.91 Å². The Balaban J connectivity index is 2.41. The SMILES string of the molecule is CCC[C@@H](N)Cc1ccc(O)c(NC(=O)CCCCC(=O)/C=C(/Br)C(=O)NCCOC)c1. The lowest BCUT2D eigenvalue weighted by atomic mass is 10.0. The van der Waals surface area contributed by atoms with Crippen molar-refractivity contribution >= 4 is 39.2 Å². The average molecular weight is 512 g/mol. The van der Waals surface area contributed by atoms with E-state index < -0.39 is 0 Å². The number of halogens is 1. The van der Waals surface area contributed by atoms with Crippen LogP contribution in [0.15, 0.2) is 28.8 Å². The highest BCUT2D eigenvalue weighted by atomic mass is 79.9. The van der Waals surface area contributed by atoms with Crippen LogP contribution in [0.1, 0.15) is 51.0 Å². The predicted octanol–water partition coefficient (Wildman–Crippen LogP) is 3.17. The van der Waals surface area contributed by atoms with Crippen molar-refractivity contribution in [1.29, 1.82) is 0 Å². The van der Waals surface area contributed by atoms with Crippen LogP contribution >= 0.6 is 15.9 Å². The molecule has 0 aliphatic heterocycles. The summed E-state index contributed by atoms with van der Waals surface area (Å²) < 4.78 is 5.00. The standard InChI is InChI=1S/C23H34BrN3O5/c1-3-6-17(25)13-16-9-10-21(29)20(14-16)27-22(30)8-5-4-7-18(28)15-19(24)23(31)26-11-12-32-2/h9-10,14-15,17,29H,3-8,11-13,25H2,1-2H3,(H,26,31)(H,27,30)/b19-15+/t17-/m1/s1. The second-order valence-electron chi connectivity index (χ2n) is 7.57. The minimum Gasteiger partial charge on any atom is -0.506 e. The maximum Gasteiger partial charge on any atom is 0.258 e.